The van der Waals surface area contributed by atoms with Crippen LogP contribution >= 0.6 is 15.9 Å². The first-order valence-corrected chi connectivity index (χ1v) is 10.4. The molecule has 1 atom stereocenters. The summed E-state index contributed by atoms with van der Waals surface area (Å²) >= 11 is 3.66. The first-order chi connectivity index (χ1) is 14.0. The summed E-state index contributed by atoms with van der Waals surface area (Å²) in [6, 6.07) is 29.3. The quantitative estimate of drug-likeness (QED) is 0.421. The molecule has 1 unspecified atom stereocenters. The van der Waals surface area contributed by atoms with Crippen molar-refractivity contribution in [1.82, 2.24) is 9.78 Å². The highest BCUT2D eigenvalue weighted by molar-refractivity contribution is 9.10. The van der Waals surface area contributed by atoms with Crippen LogP contribution in [0, 0.1) is 13.8 Å². The first kappa shape index (κ1) is 19.6. The lowest BCUT2D eigenvalue weighted by Gasteiger charge is -2.38. The van der Waals surface area contributed by atoms with Crippen LogP contribution in [-0.4, -0.2) is 14.9 Å². The molecule has 0 radical (unpaired) electrons. The molecule has 4 aromatic rings. The molecule has 1 heterocycles. The average Bonchev–Trinajstić information content (AvgIpc) is 3.03. The van der Waals surface area contributed by atoms with E-state index in [9.17, 15) is 5.11 Å². The van der Waals surface area contributed by atoms with Gasteiger partial charge in [-0.2, -0.15) is 5.10 Å². The van der Waals surface area contributed by atoms with Gasteiger partial charge < -0.3 is 5.11 Å². The van der Waals surface area contributed by atoms with E-state index in [-0.39, 0.29) is 0 Å². The maximum atomic E-state index is 12.5. The Balaban J connectivity index is 2.06. The number of aromatic nitrogens is 2. The van der Waals surface area contributed by atoms with Gasteiger partial charge in [0.15, 0.2) is 0 Å². The molecule has 0 saturated heterocycles. The van der Waals surface area contributed by atoms with Crippen molar-refractivity contribution in [3.8, 4) is 0 Å². The van der Waals surface area contributed by atoms with Gasteiger partial charge in [-0.05, 0) is 46.5 Å². The minimum Gasteiger partial charge on any atom is -0.378 e. The molecule has 1 N–H and O–H groups in total. The molecular weight excluding hydrogens is 424 g/mol. The predicted octanol–water partition coefficient (Wildman–Crippen LogP) is 5.79. The second-order valence-electron chi connectivity index (χ2n) is 7.24. The Morgan fingerprint density at radius 3 is 1.66 bits per heavy atom. The van der Waals surface area contributed by atoms with Crippen molar-refractivity contribution in [2.45, 2.75) is 25.5 Å². The molecule has 0 fully saturated rings. The minimum atomic E-state index is -1.31. The third-order valence-corrected chi connectivity index (χ3v) is 6.57. The second kappa shape index (κ2) is 7.97. The summed E-state index contributed by atoms with van der Waals surface area (Å²) in [5.74, 6) is 0. The Labute approximate surface area is 179 Å². The molecule has 3 nitrogen and oxygen atoms in total. The molecule has 29 heavy (non-hydrogen) atoms. The van der Waals surface area contributed by atoms with Crippen LogP contribution in [-0.2, 0) is 5.60 Å². The zero-order chi connectivity index (χ0) is 20.4. The lowest BCUT2D eigenvalue weighted by Crippen LogP contribution is -2.39. The summed E-state index contributed by atoms with van der Waals surface area (Å²) < 4.78 is 2.90. The van der Waals surface area contributed by atoms with Gasteiger partial charge in [0.05, 0.1) is 15.9 Å². The molecule has 146 valence electrons. The summed E-state index contributed by atoms with van der Waals surface area (Å²) in [5, 5.41) is 17.3. The van der Waals surface area contributed by atoms with E-state index in [1.807, 2.05) is 110 Å². The molecule has 0 amide bonds. The summed E-state index contributed by atoms with van der Waals surface area (Å²) in [7, 11) is 0. The first-order valence-electron chi connectivity index (χ1n) is 9.63. The lowest BCUT2D eigenvalue weighted by atomic mass is 9.77. The maximum Gasteiger partial charge on any atom is 0.141 e. The van der Waals surface area contributed by atoms with Crippen molar-refractivity contribution in [2.24, 2.45) is 0 Å². The Morgan fingerprint density at radius 2 is 1.24 bits per heavy atom. The van der Waals surface area contributed by atoms with E-state index in [1.54, 1.807) is 0 Å². The molecule has 0 bridgehead atoms. The number of hydrogen-bond donors (Lipinski definition) is 1. The fourth-order valence-corrected chi connectivity index (χ4v) is 4.22. The Hall–Kier alpha value is -2.69. The zero-order valence-corrected chi connectivity index (χ0v) is 18.0. The minimum absolute atomic E-state index is 0.446. The largest absolute Gasteiger partial charge is 0.378 e. The number of benzene rings is 3. The van der Waals surface area contributed by atoms with Crippen LogP contribution in [0.25, 0.3) is 0 Å². The van der Waals surface area contributed by atoms with Crippen molar-refractivity contribution >= 4 is 15.9 Å². The zero-order valence-electron chi connectivity index (χ0n) is 16.5. The van der Waals surface area contributed by atoms with E-state index in [0.29, 0.717) is 0 Å². The molecule has 0 aliphatic rings. The van der Waals surface area contributed by atoms with E-state index in [2.05, 4.69) is 15.9 Å². The number of rotatable bonds is 5. The Bertz CT molecular complexity index is 1050. The summed E-state index contributed by atoms with van der Waals surface area (Å²) in [6.07, 6.45) is 0. The van der Waals surface area contributed by atoms with Crippen LogP contribution in [0.5, 0.6) is 0 Å². The summed E-state index contributed by atoms with van der Waals surface area (Å²) in [6.45, 7) is 4.00. The predicted molar refractivity (Wildman–Crippen MR) is 120 cm³/mol. The van der Waals surface area contributed by atoms with Gasteiger partial charge >= 0.3 is 0 Å². The van der Waals surface area contributed by atoms with Crippen molar-refractivity contribution in [2.75, 3.05) is 0 Å². The molecule has 0 aliphatic carbocycles. The molecule has 0 spiro atoms. The highest BCUT2D eigenvalue weighted by atomic mass is 79.9. The van der Waals surface area contributed by atoms with Crippen LogP contribution in [0.3, 0.4) is 0 Å². The number of halogens is 1. The fourth-order valence-electron chi connectivity index (χ4n) is 3.96. The van der Waals surface area contributed by atoms with Crippen LogP contribution in [0.1, 0.15) is 34.1 Å². The SMILES string of the molecule is Cc1nn(C(c2ccccc2)C(O)(c2ccccc2)c2ccccc2)c(C)c1Br. The summed E-state index contributed by atoms with van der Waals surface area (Å²) in [4.78, 5) is 0. The van der Waals surface area contributed by atoms with E-state index in [4.69, 9.17) is 5.10 Å². The molecule has 0 aliphatic heterocycles. The standard InChI is InChI=1S/C25H23BrN2O/c1-18-23(26)19(2)28(27-18)24(20-12-6-3-7-13-20)25(29,21-14-8-4-9-15-21)22-16-10-5-11-17-22/h3-17,24,29H,1-2H3. The van der Waals surface area contributed by atoms with Crippen molar-refractivity contribution in [3.63, 3.8) is 0 Å². The second-order valence-corrected chi connectivity index (χ2v) is 8.03. The van der Waals surface area contributed by atoms with Gasteiger partial charge in [0.25, 0.3) is 0 Å². The van der Waals surface area contributed by atoms with Gasteiger partial charge in [0, 0.05) is 0 Å². The monoisotopic (exact) mass is 446 g/mol. The molecule has 4 rings (SSSR count). The van der Waals surface area contributed by atoms with E-state index < -0.39 is 11.6 Å². The third-order valence-electron chi connectivity index (χ3n) is 5.42. The van der Waals surface area contributed by atoms with Crippen molar-refractivity contribution in [3.05, 3.63) is 124 Å². The van der Waals surface area contributed by atoms with E-state index in [1.165, 1.54) is 0 Å². The number of aliphatic hydroxyl groups is 1. The molecule has 0 saturated carbocycles. The average molecular weight is 447 g/mol. The summed E-state index contributed by atoms with van der Waals surface area (Å²) in [5.41, 5.74) is 3.19. The van der Waals surface area contributed by atoms with Crippen molar-refractivity contribution in [1.29, 1.82) is 0 Å². The topological polar surface area (TPSA) is 38.0 Å². The third kappa shape index (κ3) is 3.43. The lowest BCUT2D eigenvalue weighted by molar-refractivity contribution is 0.0327. The van der Waals surface area contributed by atoms with Crippen LogP contribution < -0.4 is 0 Å². The van der Waals surface area contributed by atoms with Gasteiger partial charge in [-0.1, -0.05) is 91.0 Å². The molecule has 3 aromatic carbocycles. The highest BCUT2D eigenvalue weighted by Crippen LogP contribution is 2.44. The van der Waals surface area contributed by atoms with Crippen LogP contribution in [0.4, 0.5) is 0 Å². The van der Waals surface area contributed by atoms with Gasteiger partial charge in [-0.25, -0.2) is 0 Å². The Kier molecular flexibility index (Phi) is 5.39. The van der Waals surface area contributed by atoms with Crippen LogP contribution in [0.15, 0.2) is 95.5 Å². The van der Waals surface area contributed by atoms with E-state index in [0.717, 1.165) is 32.6 Å². The van der Waals surface area contributed by atoms with E-state index >= 15 is 0 Å². The van der Waals surface area contributed by atoms with Crippen molar-refractivity contribution < 1.29 is 5.11 Å². The maximum absolute atomic E-state index is 12.5. The smallest absolute Gasteiger partial charge is 0.141 e. The fraction of sp³-hybridized carbons (Fsp3) is 0.160. The van der Waals surface area contributed by atoms with Gasteiger partial charge in [-0.3, -0.25) is 4.68 Å². The van der Waals surface area contributed by atoms with Gasteiger partial charge in [-0.15, -0.1) is 0 Å². The normalized spacial score (nSPS) is 12.7. The highest BCUT2D eigenvalue weighted by Gasteiger charge is 2.43. The van der Waals surface area contributed by atoms with Gasteiger partial charge in [0.1, 0.15) is 11.6 Å². The molecule has 1 aromatic heterocycles. The number of hydrogen-bond acceptors (Lipinski definition) is 2. The molecular formula is C25H23BrN2O. The molecule has 4 heteroatoms. The number of aryl methyl sites for hydroxylation is 1. The van der Waals surface area contributed by atoms with Crippen LogP contribution in [0.2, 0.25) is 0 Å². The Morgan fingerprint density at radius 1 is 0.793 bits per heavy atom. The number of nitrogens with zero attached hydrogens (tertiary/aromatic N) is 2. The van der Waals surface area contributed by atoms with Gasteiger partial charge in [0.2, 0.25) is 0 Å².